The SMILES string of the molecule is O=C(N1CCCC1)N1CCN(c2ncccc2[N+](=O)[O-])CC1. The second-order valence-electron chi connectivity index (χ2n) is 5.55. The molecule has 0 atom stereocenters. The Balaban J connectivity index is 1.64. The van der Waals surface area contributed by atoms with Crippen molar-refractivity contribution in [3.05, 3.63) is 28.4 Å². The topological polar surface area (TPSA) is 82.8 Å². The van der Waals surface area contributed by atoms with E-state index in [1.807, 2.05) is 14.7 Å². The van der Waals surface area contributed by atoms with Crippen LogP contribution < -0.4 is 4.90 Å². The minimum absolute atomic E-state index is 0.0156. The Morgan fingerprint density at radius 3 is 2.36 bits per heavy atom. The molecule has 0 bridgehead atoms. The number of amides is 2. The maximum Gasteiger partial charge on any atom is 0.320 e. The Bertz CT molecular complexity index is 565. The molecule has 8 heteroatoms. The zero-order valence-corrected chi connectivity index (χ0v) is 12.3. The Morgan fingerprint density at radius 1 is 1.09 bits per heavy atom. The first-order valence-corrected chi connectivity index (χ1v) is 7.55. The molecule has 0 radical (unpaired) electrons. The summed E-state index contributed by atoms with van der Waals surface area (Å²) >= 11 is 0. The molecular formula is C14H19N5O3. The number of piperazine rings is 1. The number of nitrogens with zero attached hydrogens (tertiary/aromatic N) is 5. The minimum atomic E-state index is -0.413. The number of carbonyl (C=O) groups is 1. The van der Waals surface area contributed by atoms with Gasteiger partial charge in [0.1, 0.15) is 0 Å². The average Bonchev–Trinajstić information content (AvgIpc) is 3.09. The van der Waals surface area contributed by atoms with Crippen molar-refractivity contribution in [1.82, 2.24) is 14.8 Å². The molecule has 118 valence electrons. The van der Waals surface area contributed by atoms with E-state index in [0.29, 0.717) is 32.0 Å². The van der Waals surface area contributed by atoms with Crippen molar-refractivity contribution >= 4 is 17.5 Å². The molecule has 8 nitrogen and oxygen atoms in total. The molecule has 2 fully saturated rings. The largest absolute Gasteiger partial charge is 0.347 e. The van der Waals surface area contributed by atoms with E-state index in [2.05, 4.69) is 4.98 Å². The van der Waals surface area contributed by atoms with Crippen LogP contribution in [-0.4, -0.2) is 65.0 Å². The van der Waals surface area contributed by atoms with E-state index in [4.69, 9.17) is 0 Å². The quantitative estimate of drug-likeness (QED) is 0.608. The van der Waals surface area contributed by atoms with Gasteiger partial charge >= 0.3 is 11.7 Å². The summed E-state index contributed by atoms with van der Waals surface area (Å²) in [6.45, 7) is 3.95. The molecule has 2 amide bonds. The Labute approximate surface area is 128 Å². The van der Waals surface area contributed by atoms with E-state index in [-0.39, 0.29) is 11.7 Å². The molecule has 0 aliphatic carbocycles. The van der Waals surface area contributed by atoms with Crippen LogP contribution in [0.5, 0.6) is 0 Å². The Morgan fingerprint density at radius 2 is 1.73 bits per heavy atom. The Kier molecular flexibility index (Phi) is 4.08. The zero-order valence-electron chi connectivity index (χ0n) is 12.3. The van der Waals surface area contributed by atoms with Gasteiger partial charge in [-0.2, -0.15) is 0 Å². The fourth-order valence-corrected chi connectivity index (χ4v) is 2.99. The lowest BCUT2D eigenvalue weighted by atomic mass is 10.3. The van der Waals surface area contributed by atoms with Crippen LogP contribution in [0.15, 0.2) is 18.3 Å². The van der Waals surface area contributed by atoms with E-state index >= 15 is 0 Å². The van der Waals surface area contributed by atoms with Crippen molar-refractivity contribution in [3.63, 3.8) is 0 Å². The molecule has 3 rings (SSSR count). The number of nitro groups is 1. The summed E-state index contributed by atoms with van der Waals surface area (Å²) in [5.41, 5.74) is 0.0156. The maximum absolute atomic E-state index is 12.3. The molecule has 22 heavy (non-hydrogen) atoms. The van der Waals surface area contributed by atoms with Gasteiger partial charge in [0.2, 0.25) is 5.82 Å². The number of hydrogen-bond donors (Lipinski definition) is 0. The first-order chi connectivity index (χ1) is 10.7. The lowest BCUT2D eigenvalue weighted by Crippen LogP contribution is -2.52. The molecule has 0 spiro atoms. The molecule has 2 saturated heterocycles. The van der Waals surface area contributed by atoms with Crippen LogP contribution in [0.3, 0.4) is 0 Å². The normalized spacial score (nSPS) is 18.6. The molecule has 2 aliphatic rings. The van der Waals surface area contributed by atoms with Gasteiger partial charge in [-0.3, -0.25) is 10.1 Å². The van der Waals surface area contributed by atoms with Crippen molar-refractivity contribution < 1.29 is 9.72 Å². The van der Waals surface area contributed by atoms with Gasteiger partial charge in [-0.15, -0.1) is 0 Å². The fraction of sp³-hybridized carbons (Fsp3) is 0.571. The van der Waals surface area contributed by atoms with Crippen LogP contribution in [0.2, 0.25) is 0 Å². The third kappa shape index (κ3) is 2.81. The summed E-state index contributed by atoms with van der Waals surface area (Å²) in [4.78, 5) is 32.7. The highest BCUT2D eigenvalue weighted by Gasteiger charge is 2.29. The lowest BCUT2D eigenvalue weighted by Gasteiger charge is -2.36. The van der Waals surface area contributed by atoms with Gasteiger partial charge in [0.25, 0.3) is 0 Å². The van der Waals surface area contributed by atoms with Crippen LogP contribution in [0.25, 0.3) is 0 Å². The van der Waals surface area contributed by atoms with Crippen LogP contribution in [0.4, 0.5) is 16.3 Å². The number of aromatic nitrogens is 1. The molecule has 0 aromatic carbocycles. The van der Waals surface area contributed by atoms with Gasteiger partial charge in [-0.1, -0.05) is 0 Å². The van der Waals surface area contributed by atoms with Crippen molar-refractivity contribution in [2.24, 2.45) is 0 Å². The van der Waals surface area contributed by atoms with Gasteiger partial charge < -0.3 is 14.7 Å². The standard InChI is InChI=1S/C14H19N5O3/c20-14(17-6-1-2-7-17)18-10-8-16(9-11-18)13-12(19(21)22)4-3-5-15-13/h3-5H,1-2,6-11H2. The monoisotopic (exact) mass is 305 g/mol. The second-order valence-corrected chi connectivity index (χ2v) is 5.55. The van der Waals surface area contributed by atoms with Gasteiger partial charge in [-0.05, 0) is 18.9 Å². The number of hydrogen-bond acceptors (Lipinski definition) is 5. The lowest BCUT2D eigenvalue weighted by molar-refractivity contribution is -0.384. The smallest absolute Gasteiger partial charge is 0.320 e. The van der Waals surface area contributed by atoms with E-state index in [1.165, 1.54) is 6.07 Å². The zero-order chi connectivity index (χ0) is 15.5. The summed E-state index contributed by atoms with van der Waals surface area (Å²) in [5.74, 6) is 0.390. The first kappa shape index (κ1) is 14.6. The number of carbonyl (C=O) groups excluding carboxylic acids is 1. The molecule has 0 saturated carbocycles. The highest BCUT2D eigenvalue weighted by Crippen LogP contribution is 2.26. The van der Waals surface area contributed by atoms with E-state index < -0.39 is 4.92 Å². The van der Waals surface area contributed by atoms with Crippen LogP contribution >= 0.6 is 0 Å². The molecule has 1 aromatic heterocycles. The highest BCUT2D eigenvalue weighted by molar-refractivity contribution is 5.75. The summed E-state index contributed by atoms with van der Waals surface area (Å²) in [6, 6.07) is 3.12. The summed E-state index contributed by atoms with van der Waals surface area (Å²) in [6.07, 6.45) is 3.71. The molecule has 1 aromatic rings. The summed E-state index contributed by atoms with van der Waals surface area (Å²) < 4.78 is 0. The molecule has 0 unspecified atom stereocenters. The van der Waals surface area contributed by atoms with E-state index in [9.17, 15) is 14.9 Å². The highest BCUT2D eigenvalue weighted by atomic mass is 16.6. The Hall–Kier alpha value is -2.38. The van der Waals surface area contributed by atoms with Crippen LogP contribution in [-0.2, 0) is 0 Å². The third-order valence-corrected chi connectivity index (χ3v) is 4.19. The average molecular weight is 305 g/mol. The van der Waals surface area contributed by atoms with Gasteiger partial charge in [0, 0.05) is 51.5 Å². The maximum atomic E-state index is 12.3. The number of anilines is 1. The number of likely N-dealkylation sites (tertiary alicyclic amines) is 1. The third-order valence-electron chi connectivity index (χ3n) is 4.19. The number of urea groups is 1. The first-order valence-electron chi connectivity index (χ1n) is 7.55. The molecule has 3 heterocycles. The minimum Gasteiger partial charge on any atom is -0.347 e. The van der Waals surface area contributed by atoms with Gasteiger partial charge in [0.05, 0.1) is 4.92 Å². The number of pyridine rings is 1. The van der Waals surface area contributed by atoms with Crippen molar-refractivity contribution in [3.8, 4) is 0 Å². The van der Waals surface area contributed by atoms with Crippen molar-refractivity contribution in [2.75, 3.05) is 44.2 Å². The number of rotatable bonds is 2. The van der Waals surface area contributed by atoms with Crippen molar-refractivity contribution in [1.29, 1.82) is 0 Å². The van der Waals surface area contributed by atoms with Crippen LogP contribution in [0.1, 0.15) is 12.8 Å². The predicted octanol–water partition coefficient (Wildman–Crippen LogP) is 1.33. The fourth-order valence-electron chi connectivity index (χ4n) is 2.99. The second kappa shape index (κ2) is 6.17. The summed E-state index contributed by atoms with van der Waals surface area (Å²) in [5, 5.41) is 11.1. The van der Waals surface area contributed by atoms with Gasteiger partial charge in [0.15, 0.2) is 0 Å². The van der Waals surface area contributed by atoms with Crippen LogP contribution in [0, 0.1) is 10.1 Å². The molecule has 0 N–H and O–H groups in total. The molecular weight excluding hydrogens is 286 g/mol. The van der Waals surface area contributed by atoms with E-state index in [0.717, 1.165) is 25.9 Å². The van der Waals surface area contributed by atoms with Crippen molar-refractivity contribution in [2.45, 2.75) is 12.8 Å². The van der Waals surface area contributed by atoms with Gasteiger partial charge in [-0.25, -0.2) is 9.78 Å². The molecule has 2 aliphatic heterocycles. The summed E-state index contributed by atoms with van der Waals surface area (Å²) in [7, 11) is 0. The predicted molar refractivity (Wildman–Crippen MR) is 80.9 cm³/mol. The van der Waals surface area contributed by atoms with E-state index in [1.54, 1.807) is 12.3 Å².